The van der Waals surface area contributed by atoms with Gasteiger partial charge < -0.3 is 5.11 Å². The first kappa shape index (κ1) is 23.8. The van der Waals surface area contributed by atoms with Crippen LogP contribution in [0.3, 0.4) is 0 Å². The Kier molecular flexibility index (Phi) is 4.92. The monoisotopic (exact) mass is 454 g/mol. The molecule has 5 aliphatic carbocycles. The van der Waals surface area contributed by atoms with Crippen molar-refractivity contribution in [3.05, 3.63) is 11.6 Å². The lowest BCUT2D eigenvalue weighted by atomic mass is 9.33. The molecule has 8 atom stereocenters. The highest BCUT2D eigenvalue weighted by Gasteiger charge is 2.68. The highest BCUT2D eigenvalue weighted by molar-refractivity contribution is 5.87. The quantitative estimate of drug-likeness (QED) is 0.458. The van der Waals surface area contributed by atoms with Crippen LogP contribution in [0.1, 0.15) is 106 Å². The Labute approximate surface area is 201 Å². The molecule has 0 saturated heterocycles. The van der Waals surface area contributed by atoms with Gasteiger partial charge in [-0.05, 0) is 84.4 Å². The lowest BCUT2D eigenvalue weighted by Gasteiger charge is -2.70. The number of aliphatic hydroxyl groups is 1. The fourth-order valence-electron chi connectivity index (χ4n) is 10.3. The van der Waals surface area contributed by atoms with Gasteiger partial charge in [0, 0.05) is 30.3 Å². The van der Waals surface area contributed by atoms with E-state index in [0.29, 0.717) is 29.8 Å². The van der Waals surface area contributed by atoms with E-state index in [1.807, 2.05) is 0 Å². The van der Waals surface area contributed by atoms with Crippen molar-refractivity contribution in [3.63, 3.8) is 0 Å². The maximum Gasteiger partial charge on any atom is 0.139 e. The summed E-state index contributed by atoms with van der Waals surface area (Å²) in [7, 11) is 0. The summed E-state index contributed by atoms with van der Waals surface area (Å²) in [6.45, 7) is 16.4. The SMILES string of the molecule is CC1(CO)CC(=O)[C@]2(C)CC[C@]3(C)C(=CC[C@@H]4[C@@]5(C)CCC(=O)C(C)(C)C5CC[C@]43C)[C@H]2C1. The lowest BCUT2D eigenvalue weighted by Crippen LogP contribution is -2.64. The Morgan fingerprint density at radius 3 is 2.27 bits per heavy atom. The summed E-state index contributed by atoms with van der Waals surface area (Å²) >= 11 is 0. The van der Waals surface area contributed by atoms with E-state index in [1.54, 1.807) is 0 Å². The Morgan fingerprint density at radius 2 is 1.61 bits per heavy atom. The number of carbonyl (C=O) groups is 2. The molecule has 0 radical (unpaired) electrons. The van der Waals surface area contributed by atoms with Gasteiger partial charge in [0.15, 0.2) is 0 Å². The Bertz CT molecular complexity index is 931. The summed E-state index contributed by atoms with van der Waals surface area (Å²) < 4.78 is 0. The lowest BCUT2D eigenvalue weighted by molar-refractivity contribution is -0.185. The molecule has 0 aromatic rings. The fourth-order valence-corrected chi connectivity index (χ4v) is 10.3. The van der Waals surface area contributed by atoms with Crippen molar-refractivity contribution < 1.29 is 14.7 Å². The van der Waals surface area contributed by atoms with E-state index >= 15 is 0 Å². The van der Waals surface area contributed by atoms with Gasteiger partial charge in [-0.1, -0.05) is 60.1 Å². The van der Waals surface area contributed by atoms with Crippen molar-refractivity contribution in [2.45, 2.75) is 106 Å². The van der Waals surface area contributed by atoms with Gasteiger partial charge in [0.25, 0.3) is 0 Å². The molecule has 0 heterocycles. The number of rotatable bonds is 1. The number of hydrogen-bond acceptors (Lipinski definition) is 3. The Balaban J connectivity index is 1.59. The number of fused-ring (bicyclic) bond motifs is 7. The van der Waals surface area contributed by atoms with Crippen molar-refractivity contribution in [1.82, 2.24) is 0 Å². The standard InChI is InChI=1S/C30H46O3/c1-25(2)21-10-13-30(7)22(28(21,5)12-11-23(25)32)9-8-19-20-16-26(3,18-31)17-24(33)27(20,4)14-15-29(19,30)6/h8,20-22,31H,9-18H2,1-7H3/t20-,21?,22-,26?,27-,28+,29-,30-/m1/s1. The van der Waals surface area contributed by atoms with Gasteiger partial charge in [0.05, 0.1) is 0 Å². The summed E-state index contributed by atoms with van der Waals surface area (Å²) in [5, 5.41) is 10.2. The first-order chi connectivity index (χ1) is 15.2. The van der Waals surface area contributed by atoms with Crippen LogP contribution in [0.5, 0.6) is 0 Å². The average Bonchev–Trinajstić information content (AvgIpc) is 2.73. The van der Waals surface area contributed by atoms with Crippen molar-refractivity contribution >= 4 is 11.6 Å². The molecule has 0 aliphatic heterocycles. The second-order valence-electron chi connectivity index (χ2n) is 14.7. The van der Waals surface area contributed by atoms with E-state index in [-0.39, 0.29) is 45.0 Å². The van der Waals surface area contributed by atoms with E-state index < -0.39 is 0 Å². The number of aliphatic hydroxyl groups excluding tert-OH is 1. The third-order valence-corrected chi connectivity index (χ3v) is 12.9. The molecule has 4 fully saturated rings. The summed E-state index contributed by atoms with van der Waals surface area (Å²) in [6, 6.07) is 0. The molecular weight excluding hydrogens is 408 g/mol. The molecule has 0 amide bonds. The van der Waals surface area contributed by atoms with Gasteiger partial charge >= 0.3 is 0 Å². The zero-order valence-electron chi connectivity index (χ0n) is 22.1. The first-order valence-electron chi connectivity index (χ1n) is 13.6. The van der Waals surface area contributed by atoms with Crippen molar-refractivity contribution in [2.24, 2.45) is 50.2 Å². The second kappa shape index (κ2) is 6.83. The summed E-state index contributed by atoms with van der Waals surface area (Å²) in [5.74, 6) is 2.13. The number of allylic oxidation sites excluding steroid dienone is 2. The van der Waals surface area contributed by atoms with Crippen LogP contribution in [0, 0.1) is 50.2 Å². The molecule has 1 N–H and O–H groups in total. The van der Waals surface area contributed by atoms with Crippen molar-refractivity contribution in [3.8, 4) is 0 Å². The highest BCUT2D eigenvalue weighted by Crippen LogP contribution is 2.75. The molecule has 184 valence electrons. The molecule has 5 aliphatic rings. The molecule has 0 bridgehead atoms. The van der Waals surface area contributed by atoms with Crippen LogP contribution in [0.4, 0.5) is 0 Å². The van der Waals surface area contributed by atoms with Crippen LogP contribution in [0.2, 0.25) is 0 Å². The number of ketones is 2. The van der Waals surface area contributed by atoms with Gasteiger partial charge in [-0.3, -0.25) is 9.59 Å². The van der Waals surface area contributed by atoms with Gasteiger partial charge in [-0.2, -0.15) is 0 Å². The van der Waals surface area contributed by atoms with Crippen LogP contribution in [0.15, 0.2) is 11.6 Å². The van der Waals surface area contributed by atoms with Crippen LogP contribution in [-0.2, 0) is 9.59 Å². The van der Waals surface area contributed by atoms with Gasteiger partial charge in [0.1, 0.15) is 11.6 Å². The molecule has 3 heteroatoms. The van der Waals surface area contributed by atoms with E-state index in [9.17, 15) is 14.7 Å². The zero-order chi connectivity index (χ0) is 24.2. The second-order valence-corrected chi connectivity index (χ2v) is 14.7. The minimum Gasteiger partial charge on any atom is -0.396 e. The van der Waals surface area contributed by atoms with E-state index in [1.165, 1.54) is 12.0 Å². The predicted octanol–water partition coefficient (Wildman–Crippen LogP) is 6.53. The van der Waals surface area contributed by atoms with E-state index in [2.05, 4.69) is 54.5 Å². The highest BCUT2D eigenvalue weighted by atomic mass is 16.3. The topological polar surface area (TPSA) is 54.4 Å². The Hall–Kier alpha value is -0.960. The minimum absolute atomic E-state index is 0.0909. The molecule has 0 spiro atoms. The maximum atomic E-state index is 13.4. The Morgan fingerprint density at radius 1 is 0.909 bits per heavy atom. The number of carbonyl (C=O) groups excluding carboxylic acids is 2. The largest absolute Gasteiger partial charge is 0.396 e. The van der Waals surface area contributed by atoms with Crippen LogP contribution in [-0.4, -0.2) is 23.3 Å². The molecule has 2 unspecified atom stereocenters. The van der Waals surface area contributed by atoms with Crippen molar-refractivity contribution in [1.29, 1.82) is 0 Å². The number of Topliss-reactive ketones (excluding diaryl/α,β-unsaturated/α-hetero) is 2. The van der Waals surface area contributed by atoms with Gasteiger partial charge in [-0.15, -0.1) is 0 Å². The zero-order valence-corrected chi connectivity index (χ0v) is 22.1. The molecule has 0 aromatic carbocycles. The van der Waals surface area contributed by atoms with Crippen LogP contribution < -0.4 is 0 Å². The third kappa shape index (κ3) is 2.78. The predicted molar refractivity (Wildman–Crippen MR) is 132 cm³/mol. The molecule has 0 aromatic heterocycles. The molecule has 5 rings (SSSR count). The molecule has 4 saturated carbocycles. The maximum absolute atomic E-state index is 13.4. The summed E-state index contributed by atoms with van der Waals surface area (Å²) in [5.41, 5.74) is 1.22. The smallest absolute Gasteiger partial charge is 0.139 e. The van der Waals surface area contributed by atoms with Gasteiger partial charge in [0.2, 0.25) is 0 Å². The van der Waals surface area contributed by atoms with Crippen molar-refractivity contribution in [2.75, 3.05) is 6.61 Å². The first-order valence-corrected chi connectivity index (χ1v) is 13.6. The molecule has 33 heavy (non-hydrogen) atoms. The summed E-state index contributed by atoms with van der Waals surface area (Å²) in [4.78, 5) is 26.3. The summed E-state index contributed by atoms with van der Waals surface area (Å²) in [6.07, 6.45) is 11.2. The fraction of sp³-hybridized carbons (Fsp3) is 0.867. The van der Waals surface area contributed by atoms with Crippen LogP contribution >= 0.6 is 0 Å². The molecular formula is C30H46O3. The average molecular weight is 455 g/mol. The normalized spacial score (nSPS) is 53.3. The molecule has 3 nitrogen and oxygen atoms in total. The van der Waals surface area contributed by atoms with E-state index in [0.717, 1.165) is 44.9 Å². The van der Waals surface area contributed by atoms with E-state index in [4.69, 9.17) is 0 Å². The minimum atomic E-state index is -0.296. The van der Waals surface area contributed by atoms with Crippen LogP contribution in [0.25, 0.3) is 0 Å². The van der Waals surface area contributed by atoms with Gasteiger partial charge in [-0.25, -0.2) is 0 Å². The third-order valence-electron chi connectivity index (χ3n) is 12.9. The number of hydrogen-bond donors (Lipinski definition) is 1.